The molecule has 0 spiro atoms. The average molecular weight is 432 g/mol. The SMILES string of the molecule is COc1cc(OC)c([N+](=O)[O-])cc1/C=C1/C(=O)NC(=O)N(c2ccc(Cl)cc2)C1=O. The normalized spacial score (nSPS) is 15.2. The van der Waals surface area contributed by atoms with Crippen molar-refractivity contribution >= 4 is 46.9 Å². The first-order valence-electron chi connectivity index (χ1n) is 8.34. The van der Waals surface area contributed by atoms with Gasteiger partial charge >= 0.3 is 11.7 Å². The molecule has 0 radical (unpaired) electrons. The van der Waals surface area contributed by atoms with E-state index in [0.29, 0.717) is 5.02 Å². The molecule has 1 N–H and O–H groups in total. The summed E-state index contributed by atoms with van der Waals surface area (Å²) < 4.78 is 10.2. The minimum Gasteiger partial charge on any atom is -0.496 e. The van der Waals surface area contributed by atoms with E-state index in [4.69, 9.17) is 21.1 Å². The molecule has 2 aromatic rings. The van der Waals surface area contributed by atoms with E-state index in [1.54, 1.807) is 0 Å². The van der Waals surface area contributed by atoms with Crippen LogP contribution in [0.15, 0.2) is 42.0 Å². The smallest absolute Gasteiger partial charge is 0.335 e. The summed E-state index contributed by atoms with van der Waals surface area (Å²) >= 11 is 5.83. The molecule has 0 saturated carbocycles. The van der Waals surface area contributed by atoms with E-state index in [2.05, 4.69) is 5.32 Å². The highest BCUT2D eigenvalue weighted by Crippen LogP contribution is 2.36. The maximum Gasteiger partial charge on any atom is 0.335 e. The highest BCUT2D eigenvalue weighted by atomic mass is 35.5. The van der Waals surface area contributed by atoms with Crippen LogP contribution >= 0.6 is 11.6 Å². The van der Waals surface area contributed by atoms with Gasteiger partial charge in [0.2, 0.25) is 5.75 Å². The highest BCUT2D eigenvalue weighted by Gasteiger charge is 2.37. The first kappa shape index (κ1) is 20.8. The summed E-state index contributed by atoms with van der Waals surface area (Å²) in [4.78, 5) is 48.9. The zero-order chi connectivity index (χ0) is 22.0. The maximum atomic E-state index is 12.9. The highest BCUT2D eigenvalue weighted by molar-refractivity contribution is 6.39. The topological polar surface area (TPSA) is 128 Å². The van der Waals surface area contributed by atoms with Crippen molar-refractivity contribution in [3.8, 4) is 11.5 Å². The number of benzene rings is 2. The standard InChI is InChI=1S/C19H14ClN3O7/c1-29-15-9-16(30-2)14(23(27)28)8-10(15)7-13-17(24)21-19(26)22(18(13)25)12-5-3-11(20)4-6-12/h3-9H,1-2H3,(H,21,24,26)/b13-7-. The number of nitro groups is 1. The summed E-state index contributed by atoms with van der Waals surface area (Å²) in [6.45, 7) is 0. The number of carbonyl (C=O) groups excluding carboxylic acids is 3. The fourth-order valence-electron chi connectivity index (χ4n) is 2.80. The summed E-state index contributed by atoms with van der Waals surface area (Å²) in [7, 11) is 2.57. The van der Waals surface area contributed by atoms with E-state index in [1.807, 2.05) is 0 Å². The molecule has 0 bridgehead atoms. The lowest BCUT2D eigenvalue weighted by atomic mass is 10.0. The molecule has 0 unspecified atom stereocenters. The van der Waals surface area contributed by atoms with Crippen LogP contribution < -0.4 is 19.7 Å². The zero-order valence-corrected chi connectivity index (χ0v) is 16.4. The van der Waals surface area contributed by atoms with E-state index in [1.165, 1.54) is 44.6 Å². The number of rotatable bonds is 5. The van der Waals surface area contributed by atoms with Crippen LogP contribution in [0.2, 0.25) is 5.02 Å². The number of nitro benzene ring substituents is 1. The predicted molar refractivity (Wildman–Crippen MR) is 107 cm³/mol. The monoisotopic (exact) mass is 431 g/mol. The number of barbiturate groups is 1. The van der Waals surface area contributed by atoms with Crippen LogP contribution in [0.4, 0.5) is 16.2 Å². The first-order valence-corrected chi connectivity index (χ1v) is 8.72. The molecule has 1 fully saturated rings. The fraction of sp³-hybridized carbons (Fsp3) is 0.105. The number of urea groups is 1. The number of amides is 4. The predicted octanol–water partition coefficient (Wildman–Crippen LogP) is 2.93. The Hall–Kier alpha value is -3.92. The number of carbonyl (C=O) groups is 3. The Kier molecular flexibility index (Phi) is 5.70. The lowest BCUT2D eigenvalue weighted by Gasteiger charge is -2.26. The molecule has 1 aliphatic rings. The van der Waals surface area contributed by atoms with Crippen molar-refractivity contribution in [1.82, 2.24) is 5.32 Å². The van der Waals surface area contributed by atoms with Crippen LogP contribution in [0.5, 0.6) is 11.5 Å². The number of hydrogen-bond donors (Lipinski definition) is 1. The molecular weight excluding hydrogens is 418 g/mol. The molecule has 10 nitrogen and oxygen atoms in total. The van der Waals surface area contributed by atoms with E-state index in [0.717, 1.165) is 17.0 Å². The minimum absolute atomic E-state index is 0.0589. The van der Waals surface area contributed by atoms with Gasteiger partial charge in [-0.25, -0.2) is 9.69 Å². The average Bonchev–Trinajstić information content (AvgIpc) is 2.71. The van der Waals surface area contributed by atoms with Gasteiger partial charge in [0.05, 0.1) is 24.8 Å². The lowest BCUT2D eigenvalue weighted by molar-refractivity contribution is -0.385. The third-order valence-corrected chi connectivity index (χ3v) is 4.47. The second-order valence-corrected chi connectivity index (χ2v) is 6.39. The van der Waals surface area contributed by atoms with Crippen LogP contribution in [0.1, 0.15) is 5.56 Å². The number of nitrogens with one attached hydrogen (secondary N) is 1. The zero-order valence-electron chi connectivity index (χ0n) is 15.7. The van der Waals surface area contributed by atoms with Crippen molar-refractivity contribution in [3.63, 3.8) is 0 Å². The van der Waals surface area contributed by atoms with Gasteiger partial charge in [0.15, 0.2) is 0 Å². The third-order valence-electron chi connectivity index (χ3n) is 4.21. The van der Waals surface area contributed by atoms with Gasteiger partial charge in [-0.2, -0.15) is 0 Å². The van der Waals surface area contributed by atoms with Crippen LogP contribution in [0.25, 0.3) is 6.08 Å². The van der Waals surface area contributed by atoms with Gasteiger partial charge in [0.25, 0.3) is 11.8 Å². The van der Waals surface area contributed by atoms with Gasteiger partial charge < -0.3 is 9.47 Å². The van der Waals surface area contributed by atoms with Crippen LogP contribution in [-0.4, -0.2) is 37.0 Å². The molecule has 2 aromatic carbocycles. The van der Waals surface area contributed by atoms with E-state index >= 15 is 0 Å². The first-order chi connectivity index (χ1) is 14.3. The van der Waals surface area contributed by atoms with E-state index in [9.17, 15) is 24.5 Å². The van der Waals surface area contributed by atoms with Gasteiger partial charge in [-0.3, -0.25) is 25.0 Å². The van der Waals surface area contributed by atoms with E-state index < -0.39 is 28.3 Å². The number of halogens is 1. The molecule has 0 aromatic heterocycles. The van der Waals surface area contributed by atoms with Gasteiger partial charge in [0, 0.05) is 22.7 Å². The number of anilines is 1. The van der Waals surface area contributed by atoms with Gasteiger partial charge in [-0.15, -0.1) is 0 Å². The summed E-state index contributed by atoms with van der Waals surface area (Å²) in [6.07, 6.45) is 1.11. The van der Waals surface area contributed by atoms with Crippen molar-refractivity contribution in [2.45, 2.75) is 0 Å². The third kappa shape index (κ3) is 3.80. The summed E-state index contributed by atoms with van der Waals surface area (Å²) in [5.74, 6) is -1.79. The van der Waals surface area contributed by atoms with Gasteiger partial charge in [0.1, 0.15) is 11.3 Å². The Balaban J connectivity index is 2.11. The van der Waals surface area contributed by atoms with Crippen LogP contribution in [-0.2, 0) is 9.59 Å². The molecule has 1 saturated heterocycles. The van der Waals surface area contributed by atoms with E-state index in [-0.39, 0.29) is 28.4 Å². The molecule has 4 amide bonds. The number of imide groups is 2. The second kappa shape index (κ2) is 8.21. The Morgan fingerprint density at radius 3 is 2.27 bits per heavy atom. The summed E-state index contributed by atoms with van der Waals surface area (Å²) in [5.41, 5.74) is -0.538. The van der Waals surface area contributed by atoms with Crippen LogP contribution in [0, 0.1) is 10.1 Å². The van der Waals surface area contributed by atoms with Crippen LogP contribution in [0.3, 0.4) is 0 Å². The molecule has 11 heteroatoms. The van der Waals surface area contributed by atoms with Crippen molar-refractivity contribution in [2.75, 3.05) is 19.1 Å². The Morgan fingerprint density at radius 2 is 1.70 bits per heavy atom. The minimum atomic E-state index is -0.948. The Labute approximate surface area is 174 Å². The Morgan fingerprint density at radius 1 is 1.07 bits per heavy atom. The summed E-state index contributed by atoms with van der Waals surface area (Å²) in [5, 5.41) is 13.8. The van der Waals surface area contributed by atoms with Crippen molar-refractivity contribution in [3.05, 3.63) is 62.7 Å². The molecule has 0 atom stereocenters. The molecule has 1 heterocycles. The quantitative estimate of drug-likeness (QED) is 0.333. The Bertz CT molecular complexity index is 1100. The van der Waals surface area contributed by atoms with Gasteiger partial charge in [-0.1, -0.05) is 11.6 Å². The lowest BCUT2D eigenvalue weighted by Crippen LogP contribution is -2.54. The molecule has 154 valence electrons. The number of nitrogens with zero attached hydrogens (tertiary/aromatic N) is 2. The van der Waals surface area contributed by atoms with Crippen molar-refractivity contribution in [2.24, 2.45) is 0 Å². The maximum absolute atomic E-state index is 12.9. The van der Waals surface area contributed by atoms with Crippen molar-refractivity contribution in [1.29, 1.82) is 0 Å². The number of methoxy groups -OCH3 is 2. The molecule has 3 rings (SSSR count). The molecule has 0 aliphatic carbocycles. The molecule has 1 aliphatic heterocycles. The molecule has 30 heavy (non-hydrogen) atoms. The number of ether oxygens (including phenoxy) is 2. The fourth-order valence-corrected chi connectivity index (χ4v) is 2.93. The second-order valence-electron chi connectivity index (χ2n) is 5.96. The van der Waals surface area contributed by atoms with Crippen molar-refractivity contribution < 1.29 is 28.8 Å². The summed E-state index contributed by atoms with van der Waals surface area (Å²) in [6, 6.07) is 7.27. The molecular formula is C19H14ClN3O7. The van der Waals surface area contributed by atoms with Gasteiger partial charge in [-0.05, 0) is 30.3 Å². The largest absolute Gasteiger partial charge is 0.496 e. The number of hydrogen-bond acceptors (Lipinski definition) is 7.